The van der Waals surface area contributed by atoms with Crippen LogP contribution in [0.1, 0.15) is 42.9 Å². The fourth-order valence-electron chi connectivity index (χ4n) is 5.18. The van der Waals surface area contributed by atoms with E-state index in [1.54, 1.807) is 0 Å². The van der Waals surface area contributed by atoms with Gasteiger partial charge in [-0.05, 0) is 48.1 Å². The van der Waals surface area contributed by atoms with E-state index >= 15 is 0 Å². The standard InChI is InChI=1S/C21H22F2N2O/c22-15-9-14(10-16(23)11-15)18-12-19(24-7-2-5-20(24)26)17-4-1-3-13-6-8-25(18)21(13)17/h1,3-4,9,11,16,18-19H,2,5-8,10,12H2. The number of rotatable bonds is 2. The number of halogens is 2. The molecule has 3 nitrogen and oxygen atoms in total. The van der Waals surface area contributed by atoms with E-state index in [9.17, 15) is 13.6 Å². The van der Waals surface area contributed by atoms with Crippen molar-refractivity contribution in [2.45, 2.75) is 50.4 Å². The number of allylic oxidation sites excluding steroid dienone is 3. The maximum absolute atomic E-state index is 14.0. The van der Waals surface area contributed by atoms with Crippen LogP contribution < -0.4 is 4.90 Å². The molecule has 0 saturated carbocycles. The van der Waals surface area contributed by atoms with Gasteiger partial charge in [0.1, 0.15) is 12.0 Å². The lowest BCUT2D eigenvalue weighted by molar-refractivity contribution is -0.130. The van der Waals surface area contributed by atoms with Crippen molar-refractivity contribution in [3.8, 4) is 0 Å². The molecule has 26 heavy (non-hydrogen) atoms. The second-order valence-electron chi connectivity index (χ2n) is 7.75. The molecule has 3 atom stereocenters. The van der Waals surface area contributed by atoms with Crippen molar-refractivity contribution in [2.75, 3.05) is 18.0 Å². The summed E-state index contributed by atoms with van der Waals surface area (Å²) in [5.74, 6) is -0.282. The predicted octanol–water partition coefficient (Wildman–Crippen LogP) is 4.01. The second kappa shape index (κ2) is 5.93. The molecule has 3 heterocycles. The zero-order valence-electron chi connectivity index (χ0n) is 14.6. The number of amides is 1. The molecule has 0 bridgehead atoms. The SMILES string of the molecule is O=C1CCCN1C1CC(C2=CC(F)=CC(F)C2)N2CCc3cccc1c32. The minimum absolute atomic E-state index is 0.00669. The van der Waals surface area contributed by atoms with Gasteiger partial charge in [0.15, 0.2) is 0 Å². The van der Waals surface area contributed by atoms with Crippen LogP contribution in [0.5, 0.6) is 0 Å². The van der Waals surface area contributed by atoms with Crippen molar-refractivity contribution >= 4 is 11.6 Å². The summed E-state index contributed by atoms with van der Waals surface area (Å²) < 4.78 is 27.9. The van der Waals surface area contributed by atoms with E-state index in [-0.39, 0.29) is 24.4 Å². The van der Waals surface area contributed by atoms with Gasteiger partial charge in [-0.3, -0.25) is 4.79 Å². The molecule has 0 radical (unpaired) electrons. The fourth-order valence-corrected chi connectivity index (χ4v) is 5.18. The van der Waals surface area contributed by atoms with Crippen LogP contribution in [0.3, 0.4) is 0 Å². The van der Waals surface area contributed by atoms with Crippen LogP contribution in [0.2, 0.25) is 0 Å². The smallest absolute Gasteiger partial charge is 0.223 e. The molecule has 0 aromatic heterocycles. The Labute approximate surface area is 152 Å². The maximum atomic E-state index is 14.0. The van der Waals surface area contributed by atoms with E-state index in [0.717, 1.165) is 37.6 Å². The average Bonchev–Trinajstić information content (AvgIpc) is 3.22. The molecule has 5 heteroatoms. The summed E-state index contributed by atoms with van der Waals surface area (Å²) in [4.78, 5) is 16.7. The quantitative estimate of drug-likeness (QED) is 0.799. The van der Waals surface area contributed by atoms with Crippen molar-refractivity contribution in [3.05, 3.63) is 52.9 Å². The molecule has 1 saturated heterocycles. The second-order valence-corrected chi connectivity index (χ2v) is 7.75. The molecule has 1 aromatic rings. The lowest BCUT2D eigenvalue weighted by Crippen LogP contribution is -2.45. The van der Waals surface area contributed by atoms with Gasteiger partial charge in [-0.15, -0.1) is 0 Å². The van der Waals surface area contributed by atoms with Crippen molar-refractivity contribution in [2.24, 2.45) is 0 Å². The number of alkyl halides is 1. The Balaban J connectivity index is 1.59. The van der Waals surface area contributed by atoms with Gasteiger partial charge in [-0.25, -0.2) is 8.78 Å². The summed E-state index contributed by atoms with van der Waals surface area (Å²) in [7, 11) is 0. The summed E-state index contributed by atoms with van der Waals surface area (Å²) in [5, 5.41) is 0. The van der Waals surface area contributed by atoms with Gasteiger partial charge in [0.25, 0.3) is 0 Å². The van der Waals surface area contributed by atoms with Gasteiger partial charge in [0.05, 0.1) is 12.1 Å². The van der Waals surface area contributed by atoms with Crippen LogP contribution in [0.4, 0.5) is 14.5 Å². The number of anilines is 1. The molecule has 0 spiro atoms. The molecule has 3 unspecified atom stereocenters. The van der Waals surface area contributed by atoms with Crippen LogP contribution in [-0.4, -0.2) is 36.1 Å². The number of likely N-dealkylation sites (tertiary alicyclic amines) is 1. The highest BCUT2D eigenvalue weighted by atomic mass is 19.1. The van der Waals surface area contributed by atoms with Crippen molar-refractivity contribution < 1.29 is 13.6 Å². The van der Waals surface area contributed by atoms with Gasteiger partial charge < -0.3 is 9.80 Å². The maximum Gasteiger partial charge on any atom is 0.223 e. The largest absolute Gasteiger partial charge is 0.364 e. The van der Waals surface area contributed by atoms with Crippen molar-refractivity contribution in [1.29, 1.82) is 0 Å². The Bertz CT molecular complexity index is 831. The summed E-state index contributed by atoms with van der Waals surface area (Å²) in [5.41, 5.74) is 4.50. The number of benzene rings is 1. The van der Waals surface area contributed by atoms with Crippen molar-refractivity contribution in [1.82, 2.24) is 4.90 Å². The van der Waals surface area contributed by atoms with E-state index < -0.39 is 12.0 Å². The average molecular weight is 356 g/mol. The molecule has 136 valence electrons. The molecular formula is C21H22F2N2O. The van der Waals surface area contributed by atoms with Crippen LogP contribution in [0, 0.1) is 0 Å². The summed E-state index contributed by atoms with van der Waals surface area (Å²) in [6.45, 7) is 1.65. The number of carbonyl (C=O) groups is 1. The Morgan fingerprint density at radius 3 is 2.73 bits per heavy atom. The third kappa shape index (κ3) is 2.40. The number of nitrogens with zero attached hydrogens (tertiary/aromatic N) is 2. The highest BCUT2D eigenvalue weighted by molar-refractivity contribution is 5.80. The molecule has 0 N–H and O–H groups in total. The van der Waals surface area contributed by atoms with Gasteiger partial charge in [0.2, 0.25) is 5.91 Å². The molecule has 1 aliphatic carbocycles. The number of para-hydroxylation sites is 1. The van der Waals surface area contributed by atoms with E-state index in [1.807, 2.05) is 4.90 Å². The molecule has 1 aromatic carbocycles. The number of hydrogen-bond acceptors (Lipinski definition) is 2. The third-order valence-electron chi connectivity index (χ3n) is 6.25. The first-order valence-corrected chi connectivity index (χ1v) is 9.51. The van der Waals surface area contributed by atoms with Crippen LogP contribution in [0.25, 0.3) is 0 Å². The van der Waals surface area contributed by atoms with Crippen LogP contribution >= 0.6 is 0 Å². The summed E-state index contributed by atoms with van der Waals surface area (Å²) in [6.07, 6.45) is 4.71. The fraction of sp³-hybridized carbons (Fsp3) is 0.476. The van der Waals surface area contributed by atoms with Gasteiger partial charge in [-0.1, -0.05) is 18.2 Å². The van der Waals surface area contributed by atoms with Crippen molar-refractivity contribution in [3.63, 3.8) is 0 Å². The molecule has 3 aliphatic heterocycles. The summed E-state index contributed by atoms with van der Waals surface area (Å²) >= 11 is 0. The van der Waals surface area contributed by atoms with Crippen LogP contribution in [0.15, 0.2) is 41.8 Å². The Morgan fingerprint density at radius 1 is 1.08 bits per heavy atom. The van der Waals surface area contributed by atoms with E-state index in [1.165, 1.54) is 22.9 Å². The molecule has 4 aliphatic rings. The Hall–Kier alpha value is -2.17. The molecule has 1 amide bonds. The van der Waals surface area contributed by atoms with Gasteiger partial charge >= 0.3 is 0 Å². The number of carbonyl (C=O) groups excluding carboxylic acids is 1. The van der Waals surface area contributed by atoms with Crippen LogP contribution in [-0.2, 0) is 11.2 Å². The van der Waals surface area contributed by atoms with E-state index in [0.29, 0.717) is 12.8 Å². The first-order valence-electron chi connectivity index (χ1n) is 9.51. The first-order chi connectivity index (χ1) is 12.6. The van der Waals surface area contributed by atoms with Gasteiger partial charge in [-0.2, -0.15) is 0 Å². The Kier molecular flexibility index (Phi) is 3.66. The predicted molar refractivity (Wildman–Crippen MR) is 96.4 cm³/mol. The Morgan fingerprint density at radius 2 is 1.96 bits per heavy atom. The zero-order chi connectivity index (χ0) is 17.8. The molecule has 5 rings (SSSR count). The minimum Gasteiger partial charge on any atom is -0.364 e. The highest BCUT2D eigenvalue weighted by Crippen LogP contribution is 2.48. The molecular weight excluding hydrogens is 334 g/mol. The lowest BCUT2D eigenvalue weighted by atomic mass is 9.84. The normalized spacial score (nSPS) is 30.4. The monoisotopic (exact) mass is 356 g/mol. The topological polar surface area (TPSA) is 23.6 Å². The van der Waals surface area contributed by atoms with E-state index in [2.05, 4.69) is 23.1 Å². The lowest BCUT2D eigenvalue weighted by Gasteiger charge is -2.44. The van der Waals surface area contributed by atoms with E-state index in [4.69, 9.17) is 0 Å². The highest BCUT2D eigenvalue weighted by Gasteiger charge is 2.43. The zero-order valence-corrected chi connectivity index (χ0v) is 14.6. The first kappa shape index (κ1) is 16.0. The molecule has 1 fully saturated rings. The minimum atomic E-state index is -1.26. The van der Waals surface area contributed by atoms with Gasteiger partial charge in [0, 0.05) is 31.6 Å². The summed E-state index contributed by atoms with van der Waals surface area (Å²) in [6, 6.07) is 6.30. The third-order valence-corrected chi connectivity index (χ3v) is 6.25. The number of hydrogen-bond donors (Lipinski definition) is 0.